The van der Waals surface area contributed by atoms with E-state index < -0.39 is 11.6 Å². The third-order valence-electron chi connectivity index (χ3n) is 4.05. The van der Waals surface area contributed by atoms with Gasteiger partial charge in [0.15, 0.2) is 0 Å². The van der Waals surface area contributed by atoms with Gasteiger partial charge in [-0.2, -0.15) is 0 Å². The SMILES string of the molecule is CCCCC1C(C)=C(C(=O)O)C=C(CC)C1(C)O. The Morgan fingerprint density at radius 3 is 2.50 bits per heavy atom. The van der Waals surface area contributed by atoms with E-state index >= 15 is 0 Å². The van der Waals surface area contributed by atoms with Gasteiger partial charge in [-0.15, -0.1) is 0 Å². The second-order valence-electron chi connectivity index (χ2n) is 5.27. The van der Waals surface area contributed by atoms with Gasteiger partial charge < -0.3 is 10.2 Å². The summed E-state index contributed by atoms with van der Waals surface area (Å²) in [6.45, 7) is 7.70. The molecule has 0 radical (unpaired) electrons. The molecule has 2 atom stereocenters. The van der Waals surface area contributed by atoms with Gasteiger partial charge in [-0.25, -0.2) is 4.79 Å². The van der Waals surface area contributed by atoms with Gasteiger partial charge in [0.2, 0.25) is 0 Å². The van der Waals surface area contributed by atoms with Crippen LogP contribution in [0, 0.1) is 5.92 Å². The summed E-state index contributed by atoms with van der Waals surface area (Å²) in [5.41, 5.74) is 1.08. The highest BCUT2D eigenvalue weighted by molar-refractivity contribution is 5.91. The fourth-order valence-corrected chi connectivity index (χ4v) is 2.86. The topological polar surface area (TPSA) is 57.5 Å². The van der Waals surface area contributed by atoms with E-state index in [1.54, 1.807) is 6.08 Å². The molecule has 0 aromatic carbocycles. The zero-order chi connectivity index (χ0) is 13.9. The molecule has 0 spiro atoms. The van der Waals surface area contributed by atoms with Crippen LogP contribution in [-0.2, 0) is 4.79 Å². The fourth-order valence-electron chi connectivity index (χ4n) is 2.86. The highest BCUT2D eigenvalue weighted by Gasteiger charge is 2.40. The van der Waals surface area contributed by atoms with Gasteiger partial charge in [-0.1, -0.05) is 32.3 Å². The molecule has 0 saturated heterocycles. The number of carbonyl (C=O) groups is 1. The molecule has 2 N–H and O–H groups in total. The predicted octanol–water partition coefficient (Wildman–Crippen LogP) is 3.29. The Morgan fingerprint density at radius 1 is 1.44 bits per heavy atom. The van der Waals surface area contributed by atoms with Crippen LogP contribution in [-0.4, -0.2) is 21.8 Å². The first-order valence-electron chi connectivity index (χ1n) is 6.73. The Balaban J connectivity index is 3.21. The molecule has 3 heteroatoms. The Hall–Kier alpha value is -1.09. The van der Waals surface area contributed by atoms with Crippen molar-refractivity contribution in [3.8, 4) is 0 Å². The first-order valence-corrected chi connectivity index (χ1v) is 6.73. The normalized spacial score (nSPS) is 28.3. The average molecular weight is 252 g/mol. The Morgan fingerprint density at radius 2 is 2.06 bits per heavy atom. The summed E-state index contributed by atoms with van der Waals surface area (Å²) >= 11 is 0. The van der Waals surface area contributed by atoms with Crippen molar-refractivity contribution in [2.75, 3.05) is 0 Å². The molecule has 0 aromatic rings. The summed E-state index contributed by atoms with van der Waals surface area (Å²) in [5.74, 6) is -0.973. The van der Waals surface area contributed by atoms with Crippen molar-refractivity contribution >= 4 is 5.97 Å². The molecule has 0 aliphatic heterocycles. The molecule has 102 valence electrons. The molecule has 0 aromatic heterocycles. The monoisotopic (exact) mass is 252 g/mol. The molecular formula is C15H24O3. The average Bonchev–Trinajstić information content (AvgIpc) is 2.28. The smallest absolute Gasteiger partial charge is 0.335 e. The second kappa shape index (κ2) is 5.70. The molecule has 18 heavy (non-hydrogen) atoms. The third kappa shape index (κ3) is 2.66. The van der Waals surface area contributed by atoms with Crippen LogP contribution in [0.15, 0.2) is 22.8 Å². The molecule has 2 unspecified atom stereocenters. The van der Waals surface area contributed by atoms with E-state index in [0.29, 0.717) is 12.0 Å². The standard InChI is InChI=1S/C15H24O3/c1-5-7-8-13-10(3)12(14(16)17)9-11(6-2)15(13,4)18/h9,13,18H,5-8H2,1-4H3,(H,16,17). The van der Waals surface area contributed by atoms with Crippen LogP contribution in [0.1, 0.15) is 53.4 Å². The maximum absolute atomic E-state index is 11.3. The lowest BCUT2D eigenvalue weighted by atomic mass is 9.70. The minimum Gasteiger partial charge on any atom is -0.478 e. The van der Waals surface area contributed by atoms with Crippen LogP contribution in [0.2, 0.25) is 0 Å². The van der Waals surface area contributed by atoms with Gasteiger partial charge in [-0.05, 0) is 38.3 Å². The number of hydrogen-bond acceptors (Lipinski definition) is 2. The maximum atomic E-state index is 11.3. The van der Waals surface area contributed by atoms with E-state index in [0.717, 1.165) is 30.4 Å². The molecule has 1 aliphatic carbocycles. The number of aliphatic carboxylic acids is 1. The summed E-state index contributed by atoms with van der Waals surface area (Å²) < 4.78 is 0. The maximum Gasteiger partial charge on any atom is 0.335 e. The van der Waals surface area contributed by atoms with Gasteiger partial charge in [-0.3, -0.25) is 0 Å². The van der Waals surface area contributed by atoms with Crippen LogP contribution in [0.25, 0.3) is 0 Å². The van der Waals surface area contributed by atoms with Crippen molar-refractivity contribution in [3.63, 3.8) is 0 Å². The van der Waals surface area contributed by atoms with Crippen LogP contribution in [0.3, 0.4) is 0 Å². The number of unbranched alkanes of at least 4 members (excludes halogenated alkanes) is 1. The van der Waals surface area contributed by atoms with Crippen molar-refractivity contribution in [3.05, 3.63) is 22.8 Å². The van der Waals surface area contributed by atoms with Crippen LogP contribution in [0.4, 0.5) is 0 Å². The minimum atomic E-state index is -0.910. The molecule has 3 nitrogen and oxygen atoms in total. The highest BCUT2D eigenvalue weighted by atomic mass is 16.4. The van der Waals surface area contributed by atoms with Gasteiger partial charge in [0.05, 0.1) is 11.2 Å². The van der Waals surface area contributed by atoms with E-state index in [9.17, 15) is 15.0 Å². The van der Waals surface area contributed by atoms with E-state index in [2.05, 4.69) is 6.92 Å². The van der Waals surface area contributed by atoms with Crippen molar-refractivity contribution in [2.45, 2.75) is 59.0 Å². The summed E-state index contributed by atoms with van der Waals surface area (Å²) in [6.07, 6.45) is 5.22. The van der Waals surface area contributed by atoms with Gasteiger partial charge in [0.25, 0.3) is 0 Å². The molecule has 0 heterocycles. The molecular weight excluding hydrogens is 228 g/mol. The number of aliphatic hydroxyl groups is 1. The van der Waals surface area contributed by atoms with Crippen molar-refractivity contribution < 1.29 is 15.0 Å². The van der Waals surface area contributed by atoms with E-state index in [4.69, 9.17) is 0 Å². The van der Waals surface area contributed by atoms with Gasteiger partial charge in [0, 0.05) is 5.92 Å². The fraction of sp³-hybridized carbons (Fsp3) is 0.667. The highest BCUT2D eigenvalue weighted by Crippen LogP contribution is 2.41. The first kappa shape index (κ1) is 15.0. The summed E-state index contributed by atoms with van der Waals surface area (Å²) in [6, 6.07) is 0. The Labute approximate surface area is 109 Å². The number of rotatable bonds is 5. The molecule has 0 saturated carbocycles. The zero-order valence-electron chi connectivity index (χ0n) is 11.8. The van der Waals surface area contributed by atoms with Crippen molar-refractivity contribution in [1.82, 2.24) is 0 Å². The zero-order valence-corrected chi connectivity index (χ0v) is 11.8. The van der Waals surface area contributed by atoms with Crippen LogP contribution in [0.5, 0.6) is 0 Å². The predicted molar refractivity (Wildman–Crippen MR) is 72.3 cm³/mol. The Bertz CT molecular complexity index is 389. The Kier molecular flexibility index (Phi) is 4.74. The van der Waals surface area contributed by atoms with E-state index in [1.807, 2.05) is 20.8 Å². The largest absolute Gasteiger partial charge is 0.478 e. The van der Waals surface area contributed by atoms with Crippen LogP contribution >= 0.6 is 0 Å². The number of carboxylic acids is 1. The molecule has 0 amide bonds. The van der Waals surface area contributed by atoms with Crippen LogP contribution < -0.4 is 0 Å². The summed E-state index contributed by atoms with van der Waals surface area (Å²) in [7, 11) is 0. The van der Waals surface area contributed by atoms with Crippen molar-refractivity contribution in [2.24, 2.45) is 5.92 Å². The summed E-state index contributed by atoms with van der Waals surface area (Å²) in [4.78, 5) is 11.3. The minimum absolute atomic E-state index is 0.0801. The third-order valence-corrected chi connectivity index (χ3v) is 4.05. The molecule has 1 aliphatic rings. The van der Waals surface area contributed by atoms with E-state index in [1.165, 1.54) is 0 Å². The lowest BCUT2D eigenvalue weighted by molar-refractivity contribution is -0.132. The van der Waals surface area contributed by atoms with E-state index in [-0.39, 0.29) is 5.92 Å². The van der Waals surface area contributed by atoms with Crippen molar-refractivity contribution in [1.29, 1.82) is 0 Å². The number of hydrogen-bond donors (Lipinski definition) is 2. The van der Waals surface area contributed by atoms with Gasteiger partial charge in [0.1, 0.15) is 0 Å². The van der Waals surface area contributed by atoms with Gasteiger partial charge >= 0.3 is 5.97 Å². The quantitative estimate of drug-likeness (QED) is 0.789. The second-order valence-corrected chi connectivity index (χ2v) is 5.27. The summed E-state index contributed by atoms with van der Waals surface area (Å²) in [5, 5.41) is 19.9. The lowest BCUT2D eigenvalue weighted by Gasteiger charge is -2.39. The number of carboxylic acid groups (broad SMARTS) is 1. The first-order chi connectivity index (χ1) is 8.36. The molecule has 0 bridgehead atoms. The molecule has 1 rings (SSSR count). The lowest BCUT2D eigenvalue weighted by Crippen LogP contribution is -2.40. The molecule has 0 fully saturated rings.